The van der Waals surface area contributed by atoms with Gasteiger partial charge in [0.25, 0.3) is 0 Å². The van der Waals surface area contributed by atoms with Gasteiger partial charge in [-0.3, -0.25) is 15.0 Å². The third kappa shape index (κ3) is 19.0. The van der Waals surface area contributed by atoms with Gasteiger partial charge in [-0.15, -0.1) is 68.0 Å². The standard InChI is InChI=1S/C16H14N4.2C16H12N2S2.2C15H13N5.C15H11N3O2.C15H11N3S2/c1-9-3-5-11(6-4-9)16-19-14-7-12-13(8-15(14)20-16)18-10(2)17-12;1-9-3-5-11(6-4-9)16-18-13-8-14-12(7-15(13)20-16)17-10(2)19-14;1-9-3-5-11(6-4-9)16-18-13-7-12-14(8-15(13)20-16)19-10(2)17-12;1-8-3-5-10(6-4-8)13-18-12-7-11-14(17-9(2)16-11)20-15(12)19-13;1-8-3-4-10(7-16-8)15-19-13-5-11-12(6-14(13)20-15)18-9(2)17-11;1-8-3-4-10(7-16-8)15-18-12-5-11-13(6-14(12)20-15)19-9(2)17-11;1-8-3-4-10(7-16-8)15-18-12-6-13-11(5-14(12)20-15)17-9(2)19-13/h3-8H,1-2H3,(H,17,18)(H,19,20);2*3-8H,1-2H3;3-7H,1-2H3,(H2,16,17,18,19,20);3-7H,1-2H3,(H,17,18)(H,19,20);2*3-7H,1-2H3. The summed E-state index contributed by atoms with van der Waals surface area (Å²) >= 11 is 10.4. The Morgan fingerprint density at radius 3 is 1.04 bits per heavy atom. The molecule has 18 heterocycles. The maximum absolute atomic E-state index is 5.77. The fraction of sp³-hybridized carbons (Fsp3) is 0.130. The molecule has 0 unspecified atom stereocenters. The summed E-state index contributed by atoms with van der Waals surface area (Å²) < 4.78 is 18.6. The van der Waals surface area contributed by atoms with Gasteiger partial charge in [0.05, 0.1) is 137 Å². The van der Waals surface area contributed by atoms with Crippen LogP contribution in [0.5, 0.6) is 0 Å². The number of oxazole rings is 2. The van der Waals surface area contributed by atoms with E-state index in [4.69, 9.17) is 23.8 Å². The monoisotopic (exact) mass is 1940 g/mol. The van der Waals surface area contributed by atoms with Gasteiger partial charge < -0.3 is 38.7 Å². The topological polar surface area (TPSA) is 353 Å². The zero-order valence-corrected chi connectivity index (χ0v) is 83.2. The first-order valence-electron chi connectivity index (χ1n) is 45.1. The first-order chi connectivity index (χ1) is 67.8. The Bertz CT molecular complexity index is 7610. The number of aromatic nitrogens is 24. The molecule has 32 heteroatoms. The van der Waals surface area contributed by atoms with Crippen molar-refractivity contribution in [1.82, 2.24) is 120 Å². The number of fused-ring (bicyclic) bond motifs is 14. The van der Waals surface area contributed by atoms with Crippen LogP contribution in [0.15, 0.2) is 240 Å². The number of aromatic amines is 6. The quantitative estimate of drug-likeness (QED) is 0.0863. The van der Waals surface area contributed by atoms with Crippen LogP contribution in [0.3, 0.4) is 0 Å². The number of rotatable bonds is 7. The lowest BCUT2D eigenvalue weighted by Gasteiger charge is -1.96. The van der Waals surface area contributed by atoms with Crippen molar-refractivity contribution in [3.8, 4) is 77.3 Å². The van der Waals surface area contributed by atoms with E-state index in [-0.39, 0.29) is 0 Å². The molecule has 0 saturated carbocycles. The van der Waals surface area contributed by atoms with Crippen molar-refractivity contribution < 1.29 is 8.83 Å². The van der Waals surface area contributed by atoms with E-state index in [0.717, 1.165) is 209 Å². The summed E-state index contributed by atoms with van der Waals surface area (Å²) in [6.07, 6.45) is 5.48. The maximum Gasteiger partial charge on any atom is 0.228 e. The fourth-order valence-electron chi connectivity index (χ4n) is 16.2. The molecule has 10 aromatic carbocycles. The molecule has 26 nitrogen and oxygen atoms in total. The van der Waals surface area contributed by atoms with Crippen molar-refractivity contribution in [2.75, 3.05) is 0 Å². The van der Waals surface area contributed by atoms with Crippen molar-refractivity contribution >= 4 is 218 Å². The van der Waals surface area contributed by atoms with Gasteiger partial charge in [0.15, 0.2) is 28.4 Å². The molecule has 0 atom stereocenters. The van der Waals surface area contributed by atoms with E-state index >= 15 is 0 Å². The predicted molar refractivity (Wildman–Crippen MR) is 573 cm³/mol. The SMILES string of the molecule is Cc1ccc(-c2nc3cc4nc(C)[nH]c4cc3[nH]2)cc1.Cc1ccc(-c2nc3cc4nc(C)[nH]c4cc3[nH]2)cn1.Cc1ccc(-c2nc3cc4nc(C)oc4cc3o2)cn1.Cc1ccc(-c2nc3cc4nc(C)sc4cc3s2)cc1.Cc1ccc(-c2nc3cc4sc(C)nc4cc3s2)cc1.Cc1ccc(-c2nc3cc4sc(C)nc4cc3s2)cn1.Cc1ccc(-c2nc3nc4nc(C)[nH]c4cc3[nH]2)cc1. The van der Waals surface area contributed by atoms with Crippen LogP contribution in [0.2, 0.25) is 0 Å². The molecule has 0 fully saturated rings. The van der Waals surface area contributed by atoms with Gasteiger partial charge in [-0.05, 0) is 199 Å². The summed E-state index contributed by atoms with van der Waals surface area (Å²) in [5.41, 5.74) is 35.8. The normalized spacial score (nSPS) is 11.5. The highest BCUT2D eigenvalue weighted by atomic mass is 32.1. The Morgan fingerprint density at radius 2 is 0.543 bits per heavy atom. The molecule has 0 amide bonds. The lowest BCUT2D eigenvalue weighted by atomic mass is 10.1. The number of benzene rings is 10. The third-order valence-electron chi connectivity index (χ3n) is 23.2. The number of H-pyrrole nitrogens is 6. The van der Waals surface area contributed by atoms with Crippen LogP contribution < -0.4 is 0 Å². The van der Waals surface area contributed by atoms with E-state index in [9.17, 15) is 0 Å². The molecule has 0 aliphatic heterocycles. The summed E-state index contributed by atoms with van der Waals surface area (Å²) in [7, 11) is 0. The van der Waals surface area contributed by atoms with Crippen molar-refractivity contribution in [2.45, 2.75) is 96.9 Å². The zero-order valence-electron chi connectivity index (χ0n) is 78.3. The number of aryl methyl sites for hydroxylation is 14. The molecule has 0 saturated heterocycles. The van der Waals surface area contributed by atoms with Crippen molar-refractivity contribution in [3.63, 3.8) is 0 Å². The zero-order chi connectivity index (χ0) is 95.8. The number of imidazole rings is 6. The molecular formula is C108H86N24O2S6. The van der Waals surface area contributed by atoms with Crippen molar-refractivity contribution in [2.24, 2.45) is 0 Å². The van der Waals surface area contributed by atoms with Crippen molar-refractivity contribution in [1.29, 1.82) is 0 Å². The Hall–Kier alpha value is -16.1. The number of pyridine rings is 4. The van der Waals surface area contributed by atoms with Crippen LogP contribution >= 0.6 is 68.0 Å². The average Bonchev–Trinajstić information content (AvgIpc) is 1.66. The van der Waals surface area contributed by atoms with Crippen LogP contribution in [0.4, 0.5) is 0 Å². The second-order valence-electron chi connectivity index (χ2n) is 34.4. The van der Waals surface area contributed by atoms with Crippen LogP contribution in [-0.4, -0.2) is 120 Å². The van der Waals surface area contributed by atoms with E-state index in [1.165, 1.54) is 61.6 Å². The number of thiazole rings is 6. The highest BCUT2D eigenvalue weighted by Gasteiger charge is 2.20. The van der Waals surface area contributed by atoms with Crippen LogP contribution in [-0.2, 0) is 0 Å². The molecule has 686 valence electrons. The predicted octanol–water partition coefficient (Wildman–Crippen LogP) is 28.6. The lowest BCUT2D eigenvalue weighted by Crippen LogP contribution is -1.84. The smallest absolute Gasteiger partial charge is 0.228 e. The van der Waals surface area contributed by atoms with E-state index in [1.54, 1.807) is 74.2 Å². The number of hydrogen-bond donors (Lipinski definition) is 6. The Kier molecular flexibility index (Phi) is 23.6. The Morgan fingerprint density at radius 1 is 0.214 bits per heavy atom. The van der Waals surface area contributed by atoms with Crippen LogP contribution in [0.1, 0.15) is 77.7 Å². The maximum atomic E-state index is 5.77. The van der Waals surface area contributed by atoms with Crippen LogP contribution in [0, 0.1) is 96.9 Å². The summed E-state index contributed by atoms with van der Waals surface area (Å²) in [5.74, 6) is 6.44. The molecule has 28 aromatic rings. The molecule has 0 radical (unpaired) electrons. The fourth-order valence-corrected chi connectivity index (χ4v) is 21.7. The highest BCUT2D eigenvalue weighted by Crippen LogP contribution is 2.40. The Labute approximate surface area is 823 Å². The molecule has 0 aliphatic carbocycles. The summed E-state index contributed by atoms with van der Waals surface area (Å²) in [6, 6.07) is 72.4. The molecule has 140 heavy (non-hydrogen) atoms. The van der Waals surface area contributed by atoms with Gasteiger partial charge in [0.2, 0.25) is 5.89 Å². The second-order valence-corrected chi connectivity index (χ2v) is 41.2. The summed E-state index contributed by atoms with van der Waals surface area (Å²) in [6.45, 7) is 28.0. The van der Waals surface area contributed by atoms with E-state index in [0.29, 0.717) is 34.2 Å². The van der Waals surface area contributed by atoms with E-state index in [1.807, 2.05) is 148 Å². The third-order valence-corrected chi connectivity index (χ3v) is 29.2. The molecule has 18 aromatic heterocycles. The largest absolute Gasteiger partial charge is 0.441 e. The molecule has 28 rings (SSSR count). The van der Waals surface area contributed by atoms with Gasteiger partial charge in [0.1, 0.15) is 61.0 Å². The number of hydrogen-bond acceptors (Lipinski definition) is 26. The van der Waals surface area contributed by atoms with Gasteiger partial charge in [0, 0.05) is 82.0 Å². The number of nitrogens with zero attached hydrogens (tertiary/aromatic N) is 18. The first-order valence-corrected chi connectivity index (χ1v) is 50.0. The van der Waals surface area contributed by atoms with Gasteiger partial charge in [-0.1, -0.05) is 119 Å². The lowest BCUT2D eigenvalue weighted by molar-refractivity contribution is 0.560. The van der Waals surface area contributed by atoms with Gasteiger partial charge in [-0.2, -0.15) is 0 Å². The van der Waals surface area contributed by atoms with Gasteiger partial charge >= 0.3 is 0 Å². The summed E-state index contributed by atoms with van der Waals surface area (Å²) in [4.78, 5) is 101. The number of nitrogens with one attached hydrogen (secondary N) is 6. The highest BCUT2D eigenvalue weighted by molar-refractivity contribution is 7.23. The molecular weight excluding hydrogens is 1860 g/mol. The van der Waals surface area contributed by atoms with E-state index < -0.39 is 0 Å². The minimum atomic E-state index is 0.553. The Balaban J connectivity index is 0.0000000939. The van der Waals surface area contributed by atoms with E-state index in [2.05, 4.69) is 278 Å². The van der Waals surface area contributed by atoms with Crippen LogP contribution in [0.25, 0.3) is 227 Å². The molecule has 0 spiro atoms. The molecule has 6 N–H and O–H groups in total. The minimum Gasteiger partial charge on any atom is -0.441 e. The summed E-state index contributed by atoms with van der Waals surface area (Å²) in [5, 5.41) is 6.49. The van der Waals surface area contributed by atoms with Gasteiger partial charge in [-0.25, -0.2) is 74.8 Å². The molecule has 0 bridgehead atoms. The first kappa shape index (κ1) is 89.1. The average molecular weight is 1940 g/mol. The molecule has 0 aliphatic rings. The van der Waals surface area contributed by atoms with Crippen molar-refractivity contribution in [3.05, 3.63) is 309 Å². The minimum absolute atomic E-state index is 0.553. The second kappa shape index (κ2) is 37.1.